The number of rotatable bonds is 5. The minimum absolute atomic E-state index is 0.167. The normalized spacial score (nSPS) is 29.4. The number of phosphoric acid groups is 1. The minimum Gasteiger partial charge on any atom is -0.390 e. The number of imidazole rings is 1. The third-order valence-corrected chi connectivity index (χ3v) is 5.02. The molecule has 2 aliphatic rings. The maximum Gasteiger partial charge on any atom is 0.469 e. The zero-order valence-corrected chi connectivity index (χ0v) is 15.4. The first-order valence-corrected chi connectivity index (χ1v) is 9.44. The van der Waals surface area contributed by atoms with E-state index in [2.05, 4.69) is 14.8 Å². The third-order valence-electron chi connectivity index (χ3n) is 4.54. The van der Waals surface area contributed by atoms with Crippen LogP contribution in [0.25, 0.3) is 0 Å². The van der Waals surface area contributed by atoms with E-state index in [1.54, 1.807) is 25.7 Å². The maximum atomic E-state index is 12.5. The lowest BCUT2D eigenvalue weighted by molar-refractivity contribution is -0.0433. The molecule has 0 aromatic carbocycles. The van der Waals surface area contributed by atoms with Crippen LogP contribution in [0, 0.1) is 0 Å². The second kappa shape index (κ2) is 6.89. The second-order valence-electron chi connectivity index (χ2n) is 6.23. The van der Waals surface area contributed by atoms with E-state index in [-0.39, 0.29) is 24.3 Å². The van der Waals surface area contributed by atoms with Gasteiger partial charge in [0, 0.05) is 20.5 Å². The Balaban J connectivity index is 1.83. The molecule has 3 heterocycles. The molecule has 4 atom stereocenters. The quantitative estimate of drug-likeness (QED) is 0.445. The Kier molecular flexibility index (Phi) is 5.10. The number of fused-ring (bicyclic) bond motifs is 1. The number of nitrogens with zero attached hydrogens (tertiary/aromatic N) is 4. The molecule has 0 radical (unpaired) electrons. The summed E-state index contributed by atoms with van der Waals surface area (Å²) in [6.45, 7) is -0.449. The molecular weight excluding hydrogens is 369 g/mol. The van der Waals surface area contributed by atoms with Crippen LogP contribution in [0.4, 0.5) is 5.82 Å². The molecule has 2 aliphatic heterocycles. The Hall–Kier alpha value is -1.53. The lowest BCUT2D eigenvalue weighted by Crippen LogP contribution is -2.58. The van der Waals surface area contributed by atoms with Gasteiger partial charge < -0.3 is 29.4 Å². The molecule has 0 aliphatic carbocycles. The largest absolute Gasteiger partial charge is 0.469 e. The van der Waals surface area contributed by atoms with E-state index in [1.807, 2.05) is 4.90 Å². The Bertz CT molecular complexity index is 736. The average Bonchev–Trinajstić information content (AvgIpc) is 3.14. The summed E-state index contributed by atoms with van der Waals surface area (Å²) in [5.74, 6) is 0.275. The van der Waals surface area contributed by atoms with E-state index in [4.69, 9.17) is 14.5 Å². The van der Waals surface area contributed by atoms with Gasteiger partial charge in [-0.2, -0.15) is 0 Å². The number of hydrogen-bond donors (Lipinski definition) is 4. The molecule has 26 heavy (non-hydrogen) atoms. The molecule has 1 unspecified atom stereocenters. The highest BCUT2D eigenvalue weighted by Crippen LogP contribution is 2.40. The standard InChI is InChI=1S/C13H22N5O7P/c1-14-13-16(2)11-10(12(20)17(13)3)15-6-18(11)9-4-7(19)8(25-9)5-24-26(21,22)23/h6-9,13-14,19H,4-5H2,1-3H3,(H2,21,22,23)/t7-,8+,9+,13?/m0/s1. The zero-order valence-electron chi connectivity index (χ0n) is 14.5. The van der Waals surface area contributed by atoms with Gasteiger partial charge in [0.15, 0.2) is 12.0 Å². The van der Waals surface area contributed by atoms with E-state index >= 15 is 0 Å². The van der Waals surface area contributed by atoms with Gasteiger partial charge in [0.25, 0.3) is 5.91 Å². The van der Waals surface area contributed by atoms with Crippen molar-refractivity contribution in [1.29, 1.82) is 0 Å². The number of carbonyl (C=O) groups is 1. The van der Waals surface area contributed by atoms with Crippen molar-refractivity contribution in [2.75, 3.05) is 32.6 Å². The molecule has 146 valence electrons. The van der Waals surface area contributed by atoms with Crippen LogP contribution in [0.5, 0.6) is 0 Å². The number of carbonyl (C=O) groups excluding carboxylic acids is 1. The van der Waals surface area contributed by atoms with Crippen LogP contribution in [0.2, 0.25) is 0 Å². The highest BCUT2D eigenvalue weighted by molar-refractivity contribution is 7.46. The summed E-state index contributed by atoms with van der Waals surface area (Å²) < 4.78 is 22.6. The highest BCUT2D eigenvalue weighted by atomic mass is 31.2. The number of aromatic nitrogens is 2. The Morgan fingerprint density at radius 2 is 2.12 bits per heavy atom. The van der Waals surface area contributed by atoms with Crippen LogP contribution in [0.15, 0.2) is 6.33 Å². The second-order valence-corrected chi connectivity index (χ2v) is 7.47. The van der Waals surface area contributed by atoms with Crippen molar-refractivity contribution in [3.05, 3.63) is 12.0 Å². The number of aliphatic hydroxyl groups excluding tert-OH is 1. The fraction of sp³-hybridized carbons (Fsp3) is 0.692. The topological polar surface area (TPSA) is 150 Å². The van der Waals surface area contributed by atoms with E-state index in [9.17, 15) is 14.5 Å². The summed E-state index contributed by atoms with van der Waals surface area (Å²) in [6.07, 6.45) is -1.29. The molecule has 0 bridgehead atoms. The fourth-order valence-electron chi connectivity index (χ4n) is 3.31. The van der Waals surface area contributed by atoms with Gasteiger partial charge >= 0.3 is 7.82 Å². The summed E-state index contributed by atoms with van der Waals surface area (Å²) in [5, 5.41) is 13.2. The van der Waals surface area contributed by atoms with Crippen LogP contribution in [0.1, 0.15) is 23.1 Å². The lowest BCUT2D eigenvalue weighted by Gasteiger charge is -2.40. The Morgan fingerprint density at radius 3 is 2.73 bits per heavy atom. The molecule has 4 N–H and O–H groups in total. The first kappa shape index (κ1) is 19.2. The Labute approximate surface area is 149 Å². The molecule has 1 saturated heterocycles. The van der Waals surface area contributed by atoms with Crippen molar-refractivity contribution in [2.24, 2.45) is 0 Å². The number of phosphoric ester groups is 1. The van der Waals surface area contributed by atoms with Crippen molar-refractivity contribution >= 4 is 19.5 Å². The molecule has 12 nitrogen and oxygen atoms in total. The van der Waals surface area contributed by atoms with Crippen LogP contribution in [0.3, 0.4) is 0 Å². The van der Waals surface area contributed by atoms with Crippen molar-refractivity contribution < 1.29 is 33.5 Å². The summed E-state index contributed by atoms with van der Waals surface area (Å²) in [6, 6.07) is 0. The summed E-state index contributed by atoms with van der Waals surface area (Å²) in [7, 11) is 0.519. The smallest absolute Gasteiger partial charge is 0.390 e. The highest BCUT2D eigenvalue weighted by Gasteiger charge is 2.42. The average molecular weight is 391 g/mol. The van der Waals surface area contributed by atoms with Gasteiger partial charge in [-0.25, -0.2) is 9.55 Å². The van der Waals surface area contributed by atoms with Gasteiger partial charge in [0.2, 0.25) is 0 Å². The zero-order chi connectivity index (χ0) is 19.2. The number of amides is 1. The SMILES string of the molecule is CNC1N(C)C(=O)c2ncn([C@H]3C[C@H](O)[C@@H](COP(=O)(O)O)O3)c2N1C. The molecule has 3 rings (SSSR count). The monoisotopic (exact) mass is 391 g/mol. The van der Waals surface area contributed by atoms with Crippen LogP contribution < -0.4 is 10.2 Å². The van der Waals surface area contributed by atoms with Crippen molar-refractivity contribution in [3.63, 3.8) is 0 Å². The summed E-state index contributed by atoms with van der Waals surface area (Å²) in [4.78, 5) is 37.6. The molecule has 1 fully saturated rings. The summed E-state index contributed by atoms with van der Waals surface area (Å²) >= 11 is 0. The number of aliphatic hydroxyl groups is 1. The number of anilines is 1. The van der Waals surface area contributed by atoms with Crippen LogP contribution in [-0.2, 0) is 13.8 Å². The fourth-order valence-corrected chi connectivity index (χ4v) is 3.65. The minimum atomic E-state index is -4.66. The third kappa shape index (κ3) is 3.37. The van der Waals surface area contributed by atoms with Gasteiger partial charge in [-0.05, 0) is 7.05 Å². The first-order valence-electron chi connectivity index (χ1n) is 7.91. The Morgan fingerprint density at radius 1 is 1.42 bits per heavy atom. The van der Waals surface area contributed by atoms with E-state index in [1.165, 1.54) is 11.2 Å². The van der Waals surface area contributed by atoms with Gasteiger partial charge in [-0.1, -0.05) is 0 Å². The molecular formula is C13H22N5O7P. The van der Waals surface area contributed by atoms with Gasteiger partial charge in [-0.15, -0.1) is 0 Å². The van der Waals surface area contributed by atoms with Crippen LogP contribution >= 0.6 is 7.82 Å². The van der Waals surface area contributed by atoms with E-state index in [0.29, 0.717) is 5.82 Å². The lowest BCUT2D eigenvalue weighted by atomic mass is 10.2. The van der Waals surface area contributed by atoms with Crippen LogP contribution in [-0.4, -0.2) is 81.5 Å². The van der Waals surface area contributed by atoms with E-state index < -0.39 is 32.9 Å². The molecule has 0 saturated carbocycles. The molecule has 1 aromatic heterocycles. The number of hydrogen-bond acceptors (Lipinski definition) is 8. The number of ether oxygens (including phenoxy) is 1. The van der Waals surface area contributed by atoms with Gasteiger partial charge in [-0.3, -0.25) is 19.2 Å². The summed E-state index contributed by atoms with van der Waals surface area (Å²) in [5.41, 5.74) is 0.259. The first-order chi connectivity index (χ1) is 12.1. The van der Waals surface area contributed by atoms with Crippen molar-refractivity contribution in [1.82, 2.24) is 19.8 Å². The van der Waals surface area contributed by atoms with Crippen molar-refractivity contribution in [2.45, 2.75) is 31.1 Å². The maximum absolute atomic E-state index is 12.5. The molecule has 1 aromatic rings. The number of nitrogens with one attached hydrogen (secondary N) is 1. The van der Waals surface area contributed by atoms with E-state index in [0.717, 1.165) is 0 Å². The van der Waals surface area contributed by atoms with Crippen molar-refractivity contribution in [3.8, 4) is 0 Å². The predicted octanol–water partition coefficient (Wildman–Crippen LogP) is -1.33. The molecule has 13 heteroatoms. The van der Waals surface area contributed by atoms with Gasteiger partial charge in [0.05, 0.1) is 19.0 Å². The molecule has 0 spiro atoms. The van der Waals surface area contributed by atoms with Gasteiger partial charge in [0.1, 0.15) is 18.1 Å². The predicted molar refractivity (Wildman–Crippen MR) is 88.1 cm³/mol. The molecule has 1 amide bonds.